The van der Waals surface area contributed by atoms with E-state index in [9.17, 15) is 0 Å². The van der Waals surface area contributed by atoms with E-state index in [0.717, 1.165) is 24.9 Å². The molecule has 3 nitrogen and oxygen atoms in total. The molecule has 1 aliphatic carbocycles. The molecule has 3 rings (SSSR count). The Morgan fingerprint density at radius 3 is 2.84 bits per heavy atom. The van der Waals surface area contributed by atoms with Gasteiger partial charge in [-0.15, -0.1) is 0 Å². The summed E-state index contributed by atoms with van der Waals surface area (Å²) in [5, 5.41) is 3.47. The van der Waals surface area contributed by atoms with Crippen LogP contribution in [0.1, 0.15) is 51.6 Å². The van der Waals surface area contributed by atoms with Crippen molar-refractivity contribution in [2.75, 3.05) is 13.1 Å². The minimum atomic E-state index is 0.325. The predicted molar refractivity (Wildman–Crippen MR) is 78.2 cm³/mol. The molecule has 0 amide bonds. The predicted octanol–water partition coefficient (Wildman–Crippen LogP) is 2.96. The summed E-state index contributed by atoms with van der Waals surface area (Å²) in [5.74, 6) is 1.79. The lowest BCUT2D eigenvalue weighted by Gasteiger charge is -2.35. The molecule has 1 saturated heterocycles. The second-order valence-corrected chi connectivity index (χ2v) is 7.03. The zero-order valence-corrected chi connectivity index (χ0v) is 12.4. The molecule has 0 aromatic carbocycles. The first-order valence-corrected chi connectivity index (χ1v) is 7.89. The second-order valence-electron chi connectivity index (χ2n) is 7.03. The molecule has 2 fully saturated rings. The topological polar surface area (TPSA) is 29.9 Å². The maximum Gasteiger partial charge on any atom is 0.0948 e. The number of hydrogen-bond donors (Lipinski definition) is 1. The van der Waals surface area contributed by atoms with Crippen LogP contribution in [0, 0.1) is 11.8 Å². The van der Waals surface area contributed by atoms with Crippen molar-refractivity contribution >= 4 is 0 Å². The highest BCUT2D eigenvalue weighted by Gasteiger charge is 2.32. The minimum Gasteiger partial charge on any atom is -0.334 e. The second kappa shape index (κ2) is 5.28. The Labute approximate surface area is 116 Å². The molecule has 2 heterocycles. The Bertz CT molecular complexity index is 417. The summed E-state index contributed by atoms with van der Waals surface area (Å²) in [6, 6.07) is 0. The largest absolute Gasteiger partial charge is 0.334 e. The first-order valence-electron chi connectivity index (χ1n) is 7.89. The lowest BCUT2D eigenvalue weighted by Crippen LogP contribution is -2.39. The van der Waals surface area contributed by atoms with Gasteiger partial charge in [0.15, 0.2) is 0 Å². The Balaban J connectivity index is 1.74. The molecule has 1 aromatic rings. The van der Waals surface area contributed by atoms with Crippen LogP contribution < -0.4 is 5.32 Å². The SMILES string of the molecule is CC1CCC(Cn2cncc2C2(C)CCNCC2)C1. The highest BCUT2D eigenvalue weighted by atomic mass is 15.1. The van der Waals surface area contributed by atoms with E-state index >= 15 is 0 Å². The van der Waals surface area contributed by atoms with E-state index in [-0.39, 0.29) is 0 Å². The Kier molecular flexibility index (Phi) is 3.66. The molecule has 1 aliphatic heterocycles. The van der Waals surface area contributed by atoms with Gasteiger partial charge in [0.2, 0.25) is 0 Å². The van der Waals surface area contributed by atoms with Crippen molar-refractivity contribution in [3.63, 3.8) is 0 Å². The number of nitrogens with one attached hydrogen (secondary N) is 1. The number of aromatic nitrogens is 2. The van der Waals surface area contributed by atoms with Crippen LogP contribution in [0.4, 0.5) is 0 Å². The molecule has 3 heteroatoms. The van der Waals surface area contributed by atoms with Gasteiger partial charge in [-0.1, -0.05) is 20.3 Å². The van der Waals surface area contributed by atoms with Crippen LogP contribution >= 0.6 is 0 Å². The van der Waals surface area contributed by atoms with Crippen molar-refractivity contribution in [3.8, 4) is 0 Å². The zero-order chi connectivity index (χ0) is 13.3. The molecule has 0 bridgehead atoms. The van der Waals surface area contributed by atoms with E-state index in [1.165, 1.54) is 44.3 Å². The van der Waals surface area contributed by atoms with Crippen molar-refractivity contribution in [2.24, 2.45) is 11.8 Å². The summed E-state index contributed by atoms with van der Waals surface area (Å²) in [6.45, 7) is 8.27. The highest BCUT2D eigenvalue weighted by Crippen LogP contribution is 2.35. The van der Waals surface area contributed by atoms with Crippen molar-refractivity contribution in [2.45, 2.75) is 57.9 Å². The van der Waals surface area contributed by atoms with Gasteiger partial charge in [0, 0.05) is 23.9 Å². The fourth-order valence-electron chi connectivity index (χ4n) is 3.97. The van der Waals surface area contributed by atoms with Crippen LogP contribution in [0.25, 0.3) is 0 Å². The molecular formula is C16H27N3. The van der Waals surface area contributed by atoms with Gasteiger partial charge < -0.3 is 9.88 Å². The molecule has 2 atom stereocenters. The lowest BCUT2D eigenvalue weighted by atomic mass is 9.78. The van der Waals surface area contributed by atoms with Crippen molar-refractivity contribution in [1.29, 1.82) is 0 Å². The summed E-state index contributed by atoms with van der Waals surface area (Å²) in [6.07, 6.45) is 10.9. The maximum atomic E-state index is 4.45. The summed E-state index contributed by atoms with van der Waals surface area (Å²) in [4.78, 5) is 4.45. The van der Waals surface area contributed by atoms with Gasteiger partial charge in [0.25, 0.3) is 0 Å². The van der Waals surface area contributed by atoms with Crippen molar-refractivity contribution < 1.29 is 0 Å². The molecule has 1 aromatic heterocycles. The maximum absolute atomic E-state index is 4.45. The van der Waals surface area contributed by atoms with Crippen LogP contribution in [0.3, 0.4) is 0 Å². The number of imidazole rings is 1. The van der Waals surface area contributed by atoms with Crippen LogP contribution in [-0.2, 0) is 12.0 Å². The summed E-state index contributed by atoms with van der Waals surface area (Å²) in [7, 11) is 0. The third-order valence-corrected chi connectivity index (χ3v) is 5.30. The van der Waals surface area contributed by atoms with Crippen molar-refractivity contribution in [1.82, 2.24) is 14.9 Å². The molecule has 19 heavy (non-hydrogen) atoms. The molecule has 2 unspecified atom stereocenters. The molecule has 106 valence electrons. The molecular weight excluding hydrogens is 234 g/mol. The molecule has 2 aliphatic rings. The smallest absolute Gasteiger partial charge is 0.0948 e. The molecule has 1 saturated carbocycles. The van der Waals surface area contributed by atoms with E-state index < -0.39 is 0 Å². The van der Waals surface area contributed by atoms with Gasteiger partial charge in [-0.3, -0.25) is 0 Å². The number of hydrogen-bond acceptors (Lipinski definition) is 2. The average molecular weight is 261 g/mol. The minimum absolute atomic E-state index is 0.325. The van der Waals surface area contributed by atoms with Gasteiger partial charge in [0.05, 0.1) is 6.33 Å². The quantitative estimate of drug-likeness (QED) is 0.906. The highest BCUT2D eigenvalue weighted by molar-refractivity contribution is 5.15. The normalized spacial score (nSPS) is 30.6. The summed E-state index contributed by atoms with van der Waals surface area (Å²) in [5.41, 5.74) is 1.79. The summed E-state index contributed by atoms with van der Waals surface area (Å²) >= 11 is 0. The zero-order valence-electron chi connectivity index (χ0n) is 12.4. The van der Waals surface area contributed by atoms with Gasteiger partial charge >= 0.3 is 0 Å². The fourth-order valence-corrected chi connectivity index (χ4v) is 3.97. The molecule has 0 spiro atoms. The van der Waals surface area contributed by atoms with Crippen molar-refractivity contribution in [3.05, 3.63) is 18.2 Å². The standard InChI is InChI=1S/C16H27N3/c1-13-3-4-14(9-13)11-19-12-18-10-15(19)16(2)5-7-17-8-6-16/h10,12-14,17H,3-9,11H2,1-2H3. The number of nitrogens with zero attached hydrogens (tertiary/aromatic N) is 2. The van der Waals surface area contributed by atoms with Gasteiger partial charge in [0.1, 0.15) is 0 Å². The first kappa shape index (κ1) is 13.2. The molecule has 1 N–H and O–H groups in total. The van der Waals surface area contributed by atoms with Crippen LogP contribution in [0.5, 0.6) is 0 Å². The van der Waals surface area contributed by atoms with E-state index in [2.05, 4.69) is 41.2 Å². The van der Waals surface area contributed by atoms with Gasteiger partial charge in [-0.2, -0.15) is 0 Å². The monoisotopic (exact) mass is 261 g/mol. The lowest BCUT2D eigenvalue weighted by molar-refractivity contribution is 0.308. The number of rotatable bonds is 3. The Morgan fingerprint density at radius 2 is 2.16 bits per heavy atom. The third kappa shape index (κ3) is 2.71. The first-order chi connectivity index (χ1) is 9.17. The van der Waals surface area contributed by atoms with Crippen LogP contribution in [-0.4, -0.2) is 22.6 Å². The van der Waals surface area contributed by atoms with E-state index in [1.807, 2.05) is 0 Å². The Morgan fingerprint density at radius 1 is 1.37 bits per heavy atom. The Hall–Kier alpha value is -0.830. The van der Waals surface area contributed by atoms with Crippen LogP contribution in [0.2, 0.25) is 0 Å². The van der Waals surface area contributed by atoms with Gasteiger partial charge in [-0.25, -0.2) is 4.98 Å². The summed E-state index contributed by atoms with van der Waals surface area (Å²) < 4.78 is 2.45. The molecule has 0 radical (unpaired) electrons. The van der Waals surface area contributed by atoms with E-state index in [0.29, 0.717) is 5.41 Å². The third-order valence-electron chi connectivity index (χ3n) is 5.30. The average Bonchev–Trinajstić information content (AvgIpc) is 3.00. The fraction of sp³-hybridized carbons (Fsp3) is 0.812. The van der Waals surface area contributed by atoms with Gasteiger partial charge in [-0.05, 0) is 50.6 Å². The van der Waals surface area contributed by atoms with Crippen LogP contribution in [0.15, 0.2) is 12.5 Å². The van der Waals surface area contributed by atoms with E-state index in [1.54, 1.807) is 0 Å². The number of piperidine rings is 1. The van der Waals surface area contributed by atoms with E-state index in [4.69, 9.17) is 0 Å².